The van der Waals surface area contributed by atoms with Crippen molar-refractivity contribution in [1.29, 1.82) is 0 Å². The van der Waals surface area contributed by atoms with E-state index in [0.29, 0.717) is 17.0 Å². The number of carbonyl (C=O) groups excluding carboxylic acids is 1. The van der Waals surface area contributed by atoms with Gasteiger partial charge in [-0.25, -0.2) is 4.68 Å². The predicted octanol–water partition coefficient (Wildman–Crippen LogP) is 3.50. The molecule has 1 fully saturated rings. The van der Waals surface area contributed by atoms with Gasteiger partial charge in [0, 0.05) is 11.6 Å². The Bertz CT molecular complexity index is 756. The highest BCUT2D eigenvalue weighted by molar-refractivity contribution is 8.00. The molecule has 6 nitrogen and oxygen atoms in total. The molecule has 1 heterocycles. The summed E-state index contributed by atoms with van der Waals surface area (Å²) in [4.78, 5) is 12.6. The van der Waals surface area contributed by atoms with Crippen molar-refractivity contribution in [2.45, 2.75) is 62.3 Å². The zero-order valence-electron chi connectivity index (χ0n) is 14.9. The molecule has 1 aliphatic rings. The van der Waals surface area contributed by atoms with Gasteiger partial charge in [0.1, 0.15) is 0 Å². The summed E-state index contributed by atoms with van der Waals surface area (Å²) in [7, 11) is 0. The molecule has 0 bridgehead atoms. The van der Waals surface area contributed by atoms with Gasteiger partial charge in [-0.2, -0.15) is 0 Å². The van der Waals surface area contributed by atoms with Crippen molar-refractivity contribution >= 4 is 23.4 Å². The summed E-state index contributed by atoms with van der Waals surface area (Å²) in [6.45, 7) is 6.17. The third-order valence-electron chi connectivity index (χ3n) is 4.65. The largest absolute Gasteiger partial charge is 0.336 e. The van der Waals surface area contributed by atoms with Crippen LogP contribution < -0.4 is 11.2 Å². The Morgan fingerprint density at radius 2 is 2.08 bits per heavy atom. The van der Waals surface area contributed by atoms with Crippen LogP contribution in [0.25, 0.3) is 0 Å². The maximum Gasteiger partial charge on any atom is 0.237 e. The molecule has 0 spiro atoms. The quantitative estimate of drug-likeness (QED) is 0.584. The van der Waals surface area contributed by atoms with Crippen molar-refractivity contribution in [2.75, 3.05) is 11.2 Å². The number of hydrogen-bond donors (Lipinski definition) is 2. The first-order valence-electron chi connectivity index (χ1n) is 8.78. The average Bonchev–Trinajstić information content (AvgIpc) is 3.39. The number of aromatic nitrogens is 3. The molecule has 25 heavy (non-hydrogen) atoms. The molecule has 1 aliphatic carbocycles. The molecule has 7 heteroatoms. The second-order valence-electron chi connectivity index (χ2n) is 6.63. The highest BCUT2D eigenvalue weighted by atomic mass is 32.2. The van der Waals surface area contributed by atoms with E-state index in [1.54, 1.807) is 0 Å². The van der Waals surface area contributed by atoms with Crippen LogP contribution in [0, 0.1) is 0 Å². The van der Waals surface area contributed by atoms with Crippen LogP contribution in [0.3, 0.4) is 0 Å². The smallest absolute Gasteiger partial charge is 0.237 e. The van der Waals surface area contributed by atoms with Gasteiger partial charge < -0.3 is 11.2 Å². The molecule has 134 valence electrons. The first-order valence-corrected chi connectivity index (χ1v) is 9.66. The predicted molar refractivity (Wildman–Crippen MR) is 101 cm³/mol. The fraction of sp³-hybridized carbons (Fsp3) is 0.500. The molecule has 3 rings (SSSR count). The van der Waals surface area contributed by atoms with Crippen LogP contribution in [-0.4, -0.2) is 26.0 Å². The summed E-state index contributed by atoms with van der Waals surface area (Å²) >= 11 is 1.34. The Hall–Kier alpha value is -2.02. The van der Waals surface area contributed by atoms with Gasteiger partial charge in [-0.1, -0.05) is 43.8 Å². The van der Waals surface area contributed by atoms with Gasteiger partial charge in [0.2, 0.25) is 11.1 Å². The number of thioether (sulfide) groups is 1. The van der Waals surface area contributed by atoms with Crippen LogP contribution in [-0.2, 0) is 4.79 Å². The number of carbonyl (C=O) groups is 1. The number of anilines is 1. The molecule has 0 saturated heterocycles. The van der Waals surface area contributed by atoms with Gasteiger partial charge in [-0.15, -0.1) is 10.2 Å². The molecule has 1 saturated carbocycles. The van der Waals surface area contributed by atoms with Crippen molar-refractivity contribution in [3.63, 3.8) is 0 Å². The lowest BCUT2D eigenvalue weighted by molar-refractivity contribution is -0.115. The van der Waals surface area contributed by atoms with Gasteiger partial charge in [0.05, 0.1) is 5.25 Å². The molecule has 1 aromatic carbocycles. The summed E-state index contributed by atoms with van der Waals surface area (Å²) in [6, 6.07) is 7.97. The van der Waals surface area contributed by atoms with E-state index in [4.69, 9.17) is 5.84 Å². The number of nitrogen functional groups attached to an aromatic ring is 1. The minimum absolute atomic E-state index is 0.0586. The summed E-state index contributed by atoms with van der Waals surface area (Å²) in [5, 5.41) is 11.6. The molecule has 2 aromatic rings. The molecule has 1 aromatic heterocycles. The van der Waals surface area contributed by atoms with Crippen molar-refractivity contribution in [3.05, 3.63) is 35.7 Å². The Morgan fingerprint density at radius 3 is 2.76 bits per heavy atom. The maximum atomic E-state index is 12.6. The summed E-state index contributed by atoms with van der Waals surface area (Å²) in [5.41, 5.74) is 2.04. The van der Waals surface area contributed by atoms with E-state index in [9.17, 15) is 4.79 Å². The fourth-order valence-electron chi connectivity index (χ4n) is 2.70. The minimum Gasteiger partial charge on any atom is -0.336 e. The van der Waals surface area contributed by atoms with Gasteiger partial charge in [-0.3, -0.25) is 4.79 Å². The normalized spacial score (nSPS) is 16.4. The molecule has 2 atom stereocenters. The van der Waals surface area contributed by atoms with Gasteiger partial charge in [-0.05, 0) is 43.7 Å². The summed E-state index contributed by atoms with van der Waals surface area (Å²) in [5.74, 6) is 7.65. The van der Waals surface area contributed by atoms with E-state index < -0.39 is 0 Å². The standard InChI is InChI=1S/C18H25N5OS/c1-4-11(2)14-7-5-6-8-15(14)20-17(24)12(3)25-18-22-21-16(23(18)19)13-9-10-13/h5-8,11-13H,4,9-10,19H2,1-3H3,(H,20,24)/t11-,12-/m1/s1. The van der Waals surface area contributed by atoms with Gasteiger partial charge >= 0.3 is 0 Å². The van der Waals surface area contributed by atoms with Crippen molar-refractivity contribution in [2.24, 2.45) is 0 Å². The number of amides is 1. The van der Waals surface area contributed by atoms with Crippen molar-refractivity contribution in [1.82, 2.24) is 14.9 Å². The fourth-order valence-corrected chi connectivity index (χ4v) is 3.47. The highest BCUT2D eigenvalue weighted by Crippen LogP contribution is 2.39. The first-order chi connectivity index (χ1) is 12.0. The minimum atomic E-state index is -0.316. The Balaban J connectivity index is 1.67. The van der Waals surface area contributed by atoms with E-state index in [2.05, 4.69) is 35.4 Å². The number of nitrogens with zero attached hydrogens (tertiary/aromatic N) is 3. The van der Waals surface area contributed by atoms with Crippen LogP contribution >= 0.6 is 11.8 Å². The van der Waals surface area contributed by atoms with E-state index >= 15 is 0 Å². The average molecular weight is 359 g/mol. The van der Waals surface area contributed by atoms with E-state index in [-0.39, 0.29) is 11.2 Å². The monoisotopic (exact) mass is 359 g/mol. The molecular weight excluding hydrogens is 334 g/mol. The lowest BCUT2D eigenvalue weighted by Crippen LogP contribution is -2.24. The molecule has 3 N–H and O–H groups in total. The van der Waals surface area contributed by atoms with Crippen LogP contribution in [0.2, 0.25) is 0 Å². The Kier molecular flexibility index (Phi) is 5.32. The zero-order valence-corrected chi connectivity index (χ0v) is 15.7. The van der Waals surface area contributed by atoms with Crippen LogP contribution in [0.15, 0.2) is 29.4 Å². The Morgan fingerprint density at radius 1 is 1.36 bits per heavy atom. The van der Waals surface area contributed by atoms with Gasteiger partial charge in [0.25, 0.3) is 0 Å². The number of para-hydroxylation sites is 1. The highest BCUT2D eigenvalue weighted by Gasteiger charge is 2.30. The van der Waals surface area contributed by atoms with Crippen LogP contribution in [0.1, 0.15) is 63.3 Å². The van der Waals surface area contributed by atoms with E-state index in [1.807, 2.05) is 25.1 Å². The van der Waals surface area contributed by atoms with Crippen molar-refractivity contribution < 1.29 is 4.79 Å². The molecular formula is C18H25N5OS. The SMILES string of the molecule is CC[C@@H](C)c1ccccc1NC(=O)[C@@H](C)Sc1nnc(C2CC2)n1N. The number of rotatable bonds is 7. The number of nitrogens with two attached hydrogens (primary N) is 1. The number of hydrogen-bond acceptors (Lipinski definition) is 5. The zero-order chi connectivity index (χ0) is 18.0. The third-order valence-corrected chi connectivity index (χ3v) is 5.70. The Labute approximate surface area is 152 Å². The van der Waals surface area contributed by atoms with Crippen molar-refractivity contribution in [3.8, 4) is 0 Å². The summed E-state index contributed by atoms with van der Waals surface area (Å²) in [6.07, 6.45) is 3.25. The lowest BCUT2D eigenvalue weighted by atomic mass is 9.97. The number of nitrogens with one attached hydrogen (secondary N) is 1. The molecule has 1 amide bonds. The van der Waals surface area contributed by atoms with E-state index in [0.717, 1.165) is 36.3 Å². The molecule has 0 aliphatic heterocycles. The lowest BCUT2D eigenvalue weighted by Gasteiger charge is -2.17. The maximum absolute atomic E-state index is 12.6. The number of benzene rings is 1. The third kappa shape index (κ3) is 3.98. The van der Waals surface area contributed by atoms with Crippen LogP contribution in [0.4, 0.5) is 5.69 Å². The molecule has 0 unspecified atom stereocenters. The topological polar surface area (TPSA) is 85.8 Å². The van der Waals surface area contributed by atoms with Gasteiger partial charge in [0.15, 0.2) is 5.82 Å². The first kappa shape index (κ1) is 17.8. The van der Waals surface area contributed by atoms with Crippen LogP contribution in [0.5, 0.6) is 0 Å². The second-order valence-corrected chi connectivity index (χ2v) is 7.94. The summed E-state index contributed by atoms with van der Waals surface area (Å²) < 4.78 is 1.53. The molecule has 0 radical (unpaired) electrons. The second kappa shape index (κ2) is 7.47. The van der Waals surface area contributed by atoms with E-state index in [1.165, 1.54) is 16.4 Å².